The van der Waals surface area contributed by atoms with E-state index in [1.54, 1.807) is 0 Å². The summed E-state index contributed by atoms with van der Waals surface area (Å²) in [5.41, 5.74) is 9.89. The van der Waals surface area contributed by atoms with Crippen molar-refractivity contribution in [1.29, 1.82) is 0 Å². The molecule has 0 N–H and O–H groups in total. The molecule has 0 unspecified atom stereocenters. The van der Waals surface area contributed by atoms with Gasteiger partial charge in [0, 0.05) is 32.8 Å². The highest BCUT2D eigenvalue weighted by atomic mass is 32.2. The van der Waals surface area contributed by atoms with Gasteiger partial charge < -0.3 is 0 Å². The number of carbonyl (C=O) groups is 1. The molecule has 178 valence electrons. The number of thioether (sulfide) groups is 1. The number of hydrogen-bond acceptors (Lipinski definition) is 2. The molecule has 35 heavy (non-hydrogen) atoms. The number of carbonyl (C=O) groups excluding carboxylic acids is 1. The maximum absolute atomic E-state index is 12.8. The second-order valence-electron chi connectivity index (χ2n) is 9.69. The quantitative estimate of drug-likeness (QED) is 0.314. The summed E-state index contributed by atoms with van der Waals surface area (Å²) in [5.74, 6) is 0.234. The second-order valence-corrected chi connectivity index (χ2v) is 10.8. The summed E-state index contributed by atoms with van der Waals surface area (Å²) in [7, 11) is 0. The Morgan fingerprint density at radius 2 is 1.71 bits per heavy atom. The van der Waals surface area contributed by atoms with Gasteiger partial charge in [-0.25, -0.2) is 0 Å². The third-order valence-corrected chi connectivity index (χ3v) is 8.99. The first-order valence-electron chi connectivity index (χ1n) is 13.0. The molecule has 0 radical (unpaired) electrons. The van der Waals surface area contributed by atoms with Gasteiger partial charge >= 0.3 is 0 Å². The van der Waals surface area contributed by atoms with Gasteiger partial charge in [0.25, 0.3) is 0 Å². The van der Waals surface area contributed by atoms with Crippen LogP contribution in [0.5, 0.6) is 0 Å². The van der Waals surface area contributed by atoms with Crippen LogP contribution in [0.25, 0.3) is 22.3 Å². The maximum Gasteiger partial charge on any atom is 0.162 e. The van der Waals surface area contributed by atoms with Gasteiger partial charge in [-0.2, -0.15) is 0 Å². The SMILES string of the molecule is CCC(=O)c1cc2c(cc1C)-c1ccc(SC3=CCCC=C3)c(-c3ccccc3)c1C2(CC)CC. The Morgan fingerprint density at radius 1 is 0.943 bits per heavy atom. The molecule has 0 aromatic heterocycles. The molecule has 1 nitrogen and oxygen atoms in total. The molecule has 3 aromatic rings. The van der Waals surface area contributed by atoms with Crippen LogP contribution in [0, 0.1) is 6.92 Å². The Balaban J connectivity index is 1.81. The first-order valence-corrected chi connectivity index (χ1v) is 13.8. The molecule has 5 rings (SSSR count). The van der Waals surface area contributed by atoms with Crippen molar-refractivity contribution >= 4 is 17.5 Å². The van der Waals surface area contributed by atoms with E-state index in [0.29, 0.717) is 6.42 Å². The third kappa shape index (κ3) is 3.93. The molecule has 0 amide bonds. The molecule has 2 heteroatoms. The summed E-state index contributed by atoms with van der Waals surface area (Å²) < 4.78 is 0. The van der Waals surface area contributed by atoms with E-state index >= 15 is 0 Å². The molecule has 2 aliphatic rings. The lowest BCUT2D eigenvalue weighted by molar-refractivity contribution is 0.0987. The lowest BCUT2D eigenvalue weighted by Gasteiger charge is -2.33. The lowest BCUT2D eigenvalue weighted by Crippen LogP contribution is -2.24. The maximum atomic E-state index is 12.8. The molecule has 0 fully saturated rings. The van der Waals surface area contributed by atoms with E-state index in [1.165, 1.54) is 43.2 Å². The van der Waals surface area contributed by atoms with Crippen LogP contribution in [0.15, 0.2) is 82.6 Å². The van der Waals surface area contributed by atoms with Crippen molar-refractivity contribution in [1.82, 2.24) is 0 Å². The van der Waals surface area contributed by atoms with E-state index in [-0.39, 0.29) is 11.2 Å². The molecular weight excluding hydrogens is 444 g/mol. The molecular formula is C33H34OS. The number of ketones is 1. The summed E-state index contributed by atoms with van der Waals surface area (Å²) in [6.07, 6.45) is 11.7. The zero-order valence-electron chi connectivity index (χ0n) is 21.3. The van der Waals surface area contributed by atoms with Crippen LogP contribution in [-0.4, -0.2) is 5.78 Å². The molecule has 0 saturated heterocycles. The first kappa shape index (κ1) is 23.9. The predicted octanol–water partition coefficient (Wildman–Crippen LogP) is 9.67. The minimum Gasteiger partial charge on any atom is -0.294 e. The number of aryl methyl sites for hydroxylation is 1. The Bertz CT molecular complexity index is 1340. The third-order valence-electron chi connectivity index (χ3n) is 7.90. The van der Waals surface area contributed by atoms with E-state index < -0.39 is 0 Å². The van der Waals surface area contributed by atoms with Crippen molar-refractivity contribution in [3.05, 3.63) is 100.0 Å². The van der Waals surface area contributed by atoms with Crippen molar-refractivity contribution in [2.75, 3.05) is 0 Å². The van der Waals surface area contributed by atoms with E-state index in [9.17, 15) is 4.79 Å². The number of hydrogen-bond donors (Lipinski definition) is 0. The average molecular weight is 479 g/mol. The number of rotatable bonds is 7. The number of allylic oxidation sites excluding steroid dienone is 3. The molecule has 0 spiro atoms. The second kappa shape index (κ2) is 9.66. The fourth-order valence-corrected chi connectivity index (χ4v) is 7.09. The largest absolute Gasteiger partial charge is 0.294 e. The van der Waals surface area contributed by atoms with Gasteiger partial charge in [0.1, 0.15) is 0 Å². The highest BCUT2D eigenvalue weighted by Crippen LogP contribution is 2.58. The van der Waals surface area contributed by atoms with Crippen LogP contribution in [0.3, 0.4) is 0 Å². The normalized spacial score (nSPS) is 15.5. The highest BCUT2D eigenvalue weighted by Gasteiger charge is 2.43. The Labute approximate surface area is 214 Å². The van der Waals surface area contributed by atoms with E-state index in [2.05, 4.69) is 93.6 Å². The number of fused-ring (bicyclic) bond motifs is 3. The molecule has 2 aliphatic carbocycles. The van der Waals surface area contributed by atoms with Crippen LogP contribution in [0.1, 0.15) is 79.9 Å². The molecule has 0 bridgehead atoms. The average Bonchev–Trinajstić information content (AvgIpc) is 3.17. The zero-order chi connectivity index (χ0) is 24.6. The summed E-state index contributed by atoms with van der Waals surface area (Å²) in [6, 6.07) is 20.1. The molecule has 0 aliphatic heterocycles. The van der Waals surface area contributed by atoms with Crippen LogP contribution < -0.4 is 0 Å². The molecule has 3 aromatic carbocycles. The van der Waals surface area contributed by atoms with Gasteiger partial charge in [0.05, 0.1) is 0 Å². The van der Waals surface area contributed by atoms with Gasteiger partial charge in [0.15, 0.2) is 5.78 Å². The summed E-state index contributed by atoms with van der Waals surface area (Å²) in [5, 5.41) is 0. The highest BCUT2D eigenvalue weighted by molar-refractivity contribution is 8.03. The summed E-state index contributed by atoms with van der Waals surface area (Å²) >= 11 is 1.89. The van der Waals surface area contributed by atoms with Crippen LogP contribution in [-0.2, 0) is 5.41 Å². The standard InChI is InChI=1S/C33H34OS/c1-5-29(34)26-21-28-27(20-22(26)4)25-18-19-30(35-24-16-12-9-13-17-24)31(23-14-10-8-11-15-23)32(25)33(28,6-2)7-3/h8,10-12,14-21H,5-7,9,13H2,1-4H3. The monoisotopic (exact) mass is 478 g/mol. The van der Waals surface area contributed by atoms with Gasteiger partial charge in [-0.3, -0.25) is 4.79 Å². The first-order chi connectivity index (χ1) is 17.0. The Hall–Kier alpha value is -2.84. The van der Waals surface area contributed by atoms with Crippen LogP contribution in [0.4, 0.5) is 0 Å². The van der Waals surface area contributed by atoms with Gasteiger partial charge in [-0.15, -0.1) is 0 Å². The van der Waals surface area contributed by atoms with Crippen LogP contribution >= 0.6 is 11.8 Å². The smallest absolute Gasteiger partial charge is 0.162 e. The zero-order valence-corrected chi connectivity index (χ0v) is 22.1. The minimum atomic E-state index is -0.111. The van der Waals surface area contributed by atoms with Crippen LogP contribution in [0.2, 0.25) is 0 Å². The van der Waals surface area contributed by atoms with Crippen molar-refractivity contribution in [3.63, 3.8) is 0 Å². The van der Waals surface area contributed by atoms with Gasteiger partial charge in [-0.1, -0.05) is 93.2 Å². The molecule has 0 atom stereocenters. The lowest BCUT2D eigenvalue weighted by atomic mass is 9.71. The molecule has 0 saturated carbocycles. The topological polar surface area (TPSA) is 17.1 Å². The fourth-order valence-electron chi connectivity index (χ4n) is 6.01. The van der Waals surface area contributed by atoms with Gasteiger partial charge in [-0.05, 0) is 78.1 Å². The summed E-state index contributed by atoms with van der Waals surface area (Å²) in [6.45, 7) is 8.67. The van der Waals surface area contributed by atoms with E-state index in [0.717, 1.165) is 36.8 Å². The Kier molecular flexibility index (Phi) is 6.59. The van der Waals surface area contributed by atoms with Gasteiger partial charge in [0.2, 0.25) is 0 Å². The predicted molar refractivity (Wildman–Crippen MR) is 150 cm³/mol. The fraction of sp³-hybridized carbons (Fsp3) is 0.303. The van der Waals surface area contributed by atoms with Crippen molar-refractivity contribution in [3.8, 4) is 22.3 Å². The Morgan fingerprint density at radius 3 is 2.37 bits per heavy atom. The number of Topliss-reactive ketones (excluding diaryl/α,β-unsaturated/α-hetero) is 1. The van der Waals surface area contributed by atoms with E-state index in [1.807, 2.05) is 18.7 Å². The summed E-state index contributed by atoms with van der Waals surface area (Å²) in [4.78, 5) is 15.5. The minimum absolute atomic E-state index is 0.111. The van der Waals surface area contributed by atoms with E-state index in [4.69, 9.17) is 0 Å². The number of benzene rings is 3. The van der Waals surface area contributed by atoms with Crippen molar-refractivity contribution in [2.24, 2.45) is 0 Å². The van der Waals surface area contributed by atoms with Crippen molar-refractivity contribution < 1.29 is 4.79 Å². The van der Waals surface area contributed by atoms with Crippen molar-refractivity contribution in [2.45, 2.75) is 70.1 Å². The molecule has 0 heterocycles.